The number of hydrogen-bond acceptors (Lipinski definition) is 4. The molecule has 0 radical (unpaired) electrons. The lowest BCUT2D eigenvalue weighted by Gasteiger charge is -2.10. The van der Waals surface area contributed by atoms with Crippen LogP contribution < -0.4 is 10.6 Å². The third-order valence-electron chi connectivity index (χ3n) is 2.29. The summed E-state index contributed by atoms with van der Waals surface area (Å²) in [5.41, 5.74) is 0.902. The first-order valence-corrected chi connectivity index (χ1v) is 6.51. The summed E-state index contributed by atoms with van der Waals surface area (Å²) in [5, 5.41) is 6.89. The molecule has 0 unspecified atom stereocenters. The fourth-order valence-electron chi connectivity index (χ4n) is 1.49. The summed E-state index contributed by atoms with van der Waals surface area (Å²) in [5.74, 6) is 2.21. The van der Waals surface area contributed by atoms with E-state index in [2.05, 4.69) is 36.5 Å². The highest BCUT2D eigenvalue weighted by atomic mass is 79.9. The zero-order valence-corrected chi connectivity index (χ0v) is 12.3. The second-order valence-electron chi connectivity index (χ2n) is 3.68. The van der Waals surface area contributed by atoms with E-state index >= 15 is 0 Å². The molecule has 1 aromatic heterocycles. The number of anilines is 3. The first-order valence-electron chi connectivity index (χ1n) is 5.34. The summed E-state index contributed by atoms with van der Waals surface area (Å²) in [6, 6.07) is 7.38. The zero-order chi connectivity index (χ0) is 13.1. The minimum Gasteiger partial charge on any atom is -0.373 e. The van der Waals surface area contributed by atoms with E-state index in [-0.39, 0.29) is 0 Å². The van der Waals surface area contributed by atoms with Crippen molar-refractivity contribution < 1.29 is 0 Å². The lowest BCUT2D eigenvalue weighted by atomic mass is 10.3. The van der Waals surface area contributed by atoms with Crippen LogP contribution >= 0.6 is 27.5 Å². The molecule has 0 bridgehead atoms. The Morgan fingerprint density at radius 3 is 2.56 bits per heavy atom. The van der Waals surface area contributed by atoms with Crippen molar-refractivity contribution in [2.45, 2.75) is 6.92 Å². The third-order valence-corrected chi connectivity index (χ3v) is 3.18. The van der Waals surface area contributed by atoms with Gasteiger partial charge in [0.05, 0.1) is 5.69 Å². The minimum absolute atomic E-state index is 0.683. The lowest BCUT2D eigenvalue weighted by Crippen LogP contribution is -2.01. The molecule has 0 atom stereocenters. The summed E-state index contributed by atoms with van der Waals surface area (Å²) < 4.78 is 0.886. The molecule has 94 valence electrons. The Bertz CT molecular complexity index is 574. The first kappa shape index (κ1) is 13.1. The van der Waals surface area contributed by atoms with Crippen molar-refractivity contribution in [1.82, 2.24) is 9.97 Å². The quantitative estimate of drug-likeness (QED) is 0.895. The van der Waals surface area contributed by atoms with Crippen molar-refractivity contribution in [2.24, 2.45) is 0 Å². The summed E-state index contributed by atoms with van der Waals surface area (Å²) >= 11 is 9.35. The van der Waals surface area contributed by atoms with Crippen LogP contribution in [0.3, 0.4) is 0 Å². The van der Waals surface area contributed by atoms with Gasteiger partial charge in [-0.2, -0.15) is 0 Å². The zero-order valence-electron chi connectivity index (χ0n) is 9.96. The van der Waals surface area contributed by atoms with Crippen LogP contribution in [0.15, 0.2) is 28.7 Å². The Morgan fingerprint density at radius 2 is 1.89 bits per heavy atom. The molecule has 0 fully saturated rings. The van der Waals surface area contributed by atoms with Crippen molar-refractivity contribution >= 4 is 44.9 Å². The molecule has 0 saturated carbocycles. The van der Waals surface area contributed by atoms with Gasteiger partial charge in [-0.3, -0.25) is 0 Å². The number of nitrogens with one attached hydrogen (secondary N) is 2. The maximum Gasteiger partial charge on any atom is 0.136 e. The fourth-order valence-corrected chi connectivity index (χ4v) is 2.27. The van der Waals surface area contributed by atoms with Gasteiger partial charge in [-0.05, 0) is 41.1 Å². The van der Waals surface area contributed by atoms with E-state index in [1.54, 1.807) is 0 Å². The molecule has 2 rings (SSSR count). The normalized spacial score (nSPS) is 10.2. The monoisotopic (exact) mass is 326 g/mol. The molecule has 0 aliphatic rings. The predicted molar refractivity (Wildman–Crippen MR) is 78.8 cm³/mol. The van der Waals surface area contributed by atoms with Crippen LogP contribution in [-0.2, 0) is 0 Å². The topological polar surface area (TPSA) is 49.8 Å². The maximum absolute atomic E-state index is 5.90. The second kappa shape index (κ2) is 5.54. The molecule has 6 heteroatoms. The molecule has 2 aromatic rings. The molecule has 0 spiro atoms. The van der Waals surface area contributed by atoms with Crippen LogP contribution in [0.2, 0.25) is 5.02 Å². The third kappa shape index (κ3) is 3.11. The van der Waals surface area contributed by atoms with E-state index in [9.17, 15) is 0 Å². The molecular weight excluding hydrogens is 316 g/mol. The van der Waals surface area contributed by atoms with E-state index in [0.717, 1.165) is 21.8 Å². The predicted octanol–water partition coefficient (Wildman–Crippen LogP) is 3.99. The van der Waals surface area contributed by atoms with Gasteiger partial charge in [0.15, 0.2) is 0 Å². The Kier molecular flexibility index (Phi) is 4.04. The molecule has 0 amide bonds. The fraction of sp³-hybridized carbons (Fsp3) is 0.167. The summed E-state index contributed by atoms with van der Waals surface area (Å²) in [6.45, 7) is 1.85. The van der Waals surface area contributed by atoms with Crippen molar-refractivity contribution in [3.05, 3.63) is 39.6 Å². The lowest BCUT2D eigenvalue weighted by molar-refractivity contribution is 1.06. The molecule has 2 N–H and O–H groups in total. The Balaban J connectivity index is 2.30. The van der Waals surface area contributed by atoms with Crippen LogP contribution in [0.1, 0.15) is 5.82 Å². The number of aryl methyl sites for hydroxylation is 1. The molecule has 0 aliphatic heterocycles. The highest BCUT2D eigenvalue weighted by Crippen LogP contribution is 2.28. The highest BCUT2D eigenvalue weighted by molar-refractivity contribution is 9.10. The first-order chi connectivity index (χ1) is 8.58. The van der Waals surface area contributed by atoms with Gasteiger partial charge in [0.25, 0.3) is 0 Å². The summed E-state index contributed by atoms with van der Waals surface area (Å²) in [7, 11) is 1.82. The van der Waals surface area contributed by atoms with Crippen LogP contribution in [0.25, 0.3) is 0 Å². The van der Waals surface area contributed by atoms with Gasteiger partial charge in [-0.25, -0.2) is 9.97 Å². The average molecular weight is 328 g/mol. The second-order valence-corrected chi connectivity index (χ2v) is 4.98. The van der Waals surface area contributed by atoms with Crippen LogP contribution in [0.5, 0.6) is 0 Å². The van der Waals surface area contributed by atoms with Crippen LogP contribution in [0, 0.1) is 6.92 Å². The average Bonchev–Trinajstić information content (AvgIpc) is 2.32. The Labute approximate surface area is 119 Å². The SMILES string of the molecule is CNc1cc(Nc2ccc(Cl)cc2Br)nc(C)n1. The minimum atomic E-state index is 0.683. The van der Waals surface area contributed by atoms with Crippen LogP contribution in [0.4, 0.5) is 17.3 Å². The van der Waals surface area contributed by atoms with E-state index in [4.69, 9.17) is 11.6 Å². The van der Waals surface area contributed by atoms with E-state index < -0.39 is 0 Å². The number of aromatic nitrogens is 2. The van der Waals surface area contributed by atoms with Crippen LogP contribution in [-0.4, -0.2) is 17.0 Å². The van der Waals surface area contributed by atoms with Gasteiger partial charge in [-0.15, -0.1) is 0 Å². The smallest absolute Gasteiger partial charge is 0.136 e. The number of rotatable bonds is 3. The van der Waals surface area contributed by atoms with Gasteiger partial charge in [0, 0.05) is 22.6 Å². The largest absolute Gasteiger partial charge is 0.373 e. The van der Waals surface area contributed by atoms with Gasteiger partial charge in [0.1, 0.15) is 17.5 Å². The molecule has 4 nitrogen and oxygen atoms in total. The maximum atomic E-state index is 5.90. The van der Waals surface area contributed by atoms with Gasteiger partial charge >= 0.3 is 0 Å². The molecule has 1 heterocycles. The van der Waals surface area contributed by atoms with Gasteiger partial charge < -0.3 is 10.6 Å². The Hall–Kier alpha value is -1.33. The summed E-state index contributed by atoms with van der Waals surface area (Å²) in [6.07, 6.45) is 0. The molecule has 0 aliphatic carbocycles. The number of halogens is 2. The number of benzene rings is 1. The van der Waals surface area contributed by atoms with E-state index in [1.807, 2.05) is 38.2 Å². The van der Waals surface area contributed by atoms with Crippen molar-refractivity contribution in [3.63, 3.8) is 0 Å². The van der Waals surface area contributed by atoms with Crippen molar-refractivity contribution in [3.8, 4) is 0 Å². The molecule has 1 aromatic carbocycles. The summed E-state index contributed by atoms with van der Waals surface area (Å²) in [4.78, 5) is 8.56. The molecule has 18 heavy (non-hydrogen) atoms. The van der Waals surface area contributed by atoms with Gasteiger partial charge in [0.2, 0.25) is 0 Å². The molecular formula is C12H12BrClN4. The Morgan fingerprint density at radius 1 is 1.17 bits per heavy atom. The van der Waals surface area contributed by atoms with Gasteiger partial charge in [-0.1, -0.05) is 11.6 Å². The van der Waals surface area contributed by atoms with Crippen molar-refractivity contribution in [2.75, 3.05) is 17.7 Å². The number of hydrogen-bond donors (Lipinski definition) is 2. The van der Waals surface area contributed by atoms with Crippen molar-refractivity contribution in [1.29, 1.82) is 0 Å². The van der Waals surface area contributed by atoms with E-state index in [1.165, 1.54) is 0 Å². The standard InChI is InChI=1S/C12H12BrClN4/c1-7-16-11(15-2)6-12(17-7)18-10-4-3-8(14)5-9(10)13/h3-6H,1-2H3,(H2,15,16,17,18). The highest BCUT2D eigenvalue weighted by Gasteiger charge is 2.04. The van der Waals surface area contributed by atoms with E-state index in [0.29, 0.717) is 10.8 Å². The molecule has 0 saturated heterocycles. The number of nitrogens with zero attached hydrogens (tertiary/aromatic N) is 2.